The fourth-order valence-electron chi connectivity index (χ4n) is 3.70. The maximum Gasteiger partial charge on any atom is 0.264 e. The second kappa shape index (κ2) is 10.9. The third-order valence-corrected chi connectivity index (χ3v) is 7.15. The summed E-state index contributed by atoms with van der Waals surface area (Å²) in [7, 11) is -3.73. The standard InChI is InChI=1S/C26H33N3O3S/c1-19(2)18-29(25-12-7-20(3)14-21(25)4)33(31,32)24-10-8-22(9-11-24)15-26(30)28-17-23-6-5-13-27-16-23/h5-14,16,19,26,28,30H,15,17-18H2,1-4H3. The van der Waals surface area contributed by atoms with Crippen molar-refractivity contribution in [1.82, 2.24) is 10.3 Å². The summed E-state index contributed by atoms with van der Waals surface area (Å²) in [5.41, 5.74) is 4.56. The Labute approximate surface area is 197 Å². The van der Waals surface area contributed by atoms with Crippen molar-refractivity contribution >= 4 is 15.7 Å². The lowest BCUT2D eigenvalue weighted by molar-refractivity contribution is 0.135. The molecule has 1 atom stereocenters. The first-order chi connectivity index (χ1) is 15.7. The number of rotatable bonds is 10. The minimum atomic E-state index is -3.73. The minimum Gasteiger partial charge on any atom is -0.378 e. The largest absolute Gasteiger partial charge is 0.378 e. The van der Waals surface area contributed by atoms with Gasteiger partial charge in [0.25, 0.3) is 10.0 Å². The van der Waals surface area contributed by atoms with Crippen LogP contribution >= 0.6 is 0 Å². The van der Waals surface area contributed by atoms with Crippen LogP contribution in [0.15, 0.2) is 71.9 Å². The molecule has 1 aromatic heterocycles. The Morgan fingerprint density at radius 2 is 1.76 bits per heavy atom. The summed E-state index contributed by atoms with van der Waals surface area (Å²) < 4.78 is 28.6. The van der Waals surface area contributed by atoms with E-state index in [4.69, 9.17) is 0 Å². The van der Waals surface area contributed by atoms with Gasteiger partial charge in [-0.2, -0.15) is 0 Å². The van der Waals surface area contributed by atoms with E-state index in [1.54, 1.807) is 36.7 Å². The van der Waals surface area contributed by atoms with E-state index in [0.717, 1.165) is 22.3 Å². The van der Waals surface area contributed by atoms with E-state index >= 15 is 0 Å². The number of aliphatic hydroxyl groups excluding tert-OH is 1. The molecule has 1 unspecified atom stereocenters. The average Bonchev–Trinajstić information content (AvgIpc) is 2.77. The fourth-order valence-corrected chi connectivity index (χ4v) is 5.39. The number of anilines is 1. The highest BCUT2D eigenvalue weighted by Gasteiger charge is 2.27. The zero-order valence-electron chi connectivity index (χ0n) is 19.7. The summed E-state index contributed by atoms with van der Waals surface area (Å²) in [5.74, 6) is 0.167. The topological polar surface area (TPSA) is 82.5 Å². The number of benzene rings is 2. The first kappa shape index (κ1) is 24.9. The number of hydrogen-bond donors (Lipinski definition) is 2. The van der Waals surface area contributed by atoms with Gasteiger partial charge in [-0.25, -0.2) is 8.42 Å². The van der Waals surface area contributed by atoms with Crippen LogP contribution in [0, 0.1) is 19.8 Å². The summed E-state index contributed by atoms with van der Waals surface area (Å²) in [4.78, 5) is 4.30. The van der Waals surface area contributed by atoms with Crippen molar-refractivity contribution in [3.05, 3.63) is 89.2 Å². The van der Waals surface area contributed by atoms with Gasteiger partial charge in [-0.05, 0) is 60.7 Å². The molecule has 0 saturated carbocycles. The third kappa shape index (κ3) is 6.63. The van der Waals surface area contributed by atoms with Gasteiger partial charge < -0.3 is 5.11 Å². The maximum atomic E-state index is 13.6. The van der Waals surface area contributed by atoms with Gasteiger partial charge in [-0.3, -0.25) is 14.6 Å². The molecule has 2 aromatic carbocycles. The summed E-state index contributed by atoms with van der Waals surface area (Å²) in [6.07, 6.45) is 3.07. The first-order valence-electron chi connectivity index (χ1n) is 11.2. The molecule has 33 heavy (non-hydrogen) atoms. The highest BCUT2D eigenvalue weighted by molar-refractivity contribution is 7.92. The van der Waals surface area contributed by atoms with Crippen molar-refractivity contribution in [2.45, 2.75) is 51.8 Å². The van der Waals surface area contributed by atoms with Crippen LogP contribution in [0.3, 0.4) is 0 Å². The SMILES string of the molecule is Cc1ccc(N(CC(C)C)S(=O)(=O)c2ccc(CC(O)NCc3cccnc3)cc2)c(C)c1. The third-order valence-electron chi connectivity index (χ3n) is 5.36. The van der Waals surface area contributed by atoms with E-state index in [-0.39, 0.29) is 10.8 Å². The number of sulfonamides is 1. The molecule has 0 aliphatic heterocycles. The van der Waals surface area contributed by atoms with Gasteiger partial charge in [0.05, 0.1) is 10.6 Å². The molecule has 0 spiro atoms. The number of nitrogens with one attached hydrogen (secondary N) is 1. The predicted molar refractivity (Wildman–Crippen MR) is 133 cm³/mol. The van der Waals surface area contributed by atoms with E-state index in [1.165, 1.54) is 4.31 Å². The molecule has 2 N–H and O–H groups in total. The van der Waals surface area contributed by atoms with E-state index in [0.29, 0.717) is 25.2 Å². The molecule has 0 bridgehead atoms. The van der Waals surface area contributed by atoms with Gasteiger partial charge in [0.15, 0.2) is 0 Å². The molecule has 0 aliphatic carbocycles. The number of aryl methyl sites for hydroxylation is 2. The lowest BCUT2D eigenvalue weighted by Gasteiger charge is -2.28. The first-order valence-corrected chi connectivity index (χ1v) is 12.6. The summed E-state index contributed by atoms with van der Waals surface area (Å²) >= 11 is 0. The molecule has 0 saturated heterocycles. The van der Waals surface area contributed by atoms with Crippen LogP contribution in [0.25, 0.3) is 0 Å². The molecule has 0 fully saturated rings. The Hall–Kier alpha value is -2.74. The average molecular weight is 468 g/mol. The normalized spacial score (nSPS) is 12.7. The highest BCUT2D eigenvalue weighted by atomic mass is 32.2. The van der Waals surface area contributed by atoms with Crippen LogP contribution in [0.1, 0.15) is 36.1 Å². The Morgan fingerprint density at radius 3 is 2.36 bits per heavy atom. The molecule has 3 aromatic rings. The van der Waals surface area contributed by atoms with Crippen LogP contribution in [-0.2, 0) is 23.0 Å². The van der Waals surface area contributed by atoms with Crippen LogP contribution < -0.4 is 9.62 Å². The molecule has 1 heterocycles. The molecular weight excluding hydrogens is 434 g/mol. The van der Waals surface area contributed by atoms with Crippen LogP contribution in [-0.4, -0.2) is 31.3 Å². The second-order valence-electron chi connectivity index (χ2n) is 8.83. The van der Waals surface area contributed by atoms with Crippen LogP contribution in [0.5, 0.6) is 0 Å². The number of hydrogen-bond acceptors (Lipinski definition) is 5. The van der Waals surface area contributed by atoms with Crippen molar-refractivity contribution in [2.75, 3.05) is 10.8 Å². The number of pyridine rings is 1. The van der Waals surface area contributed by atoms with Gasteiger partial charge in [0.1, 0.15) is 6.23 Å². The summed E-state index contributed by atoms with van der Waals surface area (Å²) in [6.45, 7) is 8.85. The molecule has 176 valence electrons. The smallest absolute Gasteiger partial charge is 0.264 e. The van der Waals surface area contributed by atoms with E-state index in [9.17, 15) is 13.5 Å². The lowest BCUT2D eigenvalue weighted by atomic mass is 10.1. The molecule has 0 radical (unpaired) electrons. The van der Waals surface area contributed by atoms with Gasteiger partial charge in [0, 0.05) is 31.9 Å². The quantitative estimate of drug-likeness (QED) is 0.437. The predicted octanol–water partition coefficient (Wildman–Crippen LogP) is 4.20. The fraction of sp³-hybridized carbons (Fsp3) is 0.346. The Kier molecular flexibility index (Phi) is 8.24. The van der Waals surface area contributed by atoms with E-state index in [2.05, 4.69) is 10.3 Å². The highest BCUT2D eigenvalue weighted by Crippen LogP contribution is 2.29. The molecule has 7 heteroatoms. The zero-order valence-corrected chi connectivity index (χ0v) is 20.5. The van der Waals surface area contributed by atoms with Gasteiger partial charge in [0.2, 0.25) is 0 Å². The van der Waals surface area contributed by atoms with Crippen molar-refractivity contribution in [1.29, 1.82) is 0 Å². The van der Waals surface area contributed by atoms with Crippen molar-refractivity contribution in [3.8, 4) is 0 Å². The maximum absolute atomic E-state index is 13.6. The number of nitrogens with zero attached hydrogens (tertiary/aromatic N) is 2. The van der Waals surface area contributed by atoms with E-state index < -0.39 is 16.3 Å². The van der Waals surface area contributed by atoms with Crippen molar-refractivity contribution < 1.29 is 13.5 Å². The molecule has 0 aliphatic rings. The van der Waals surface area contributed by atoms with Crippen molar-refractivity contribution in [3.63, 3.8) is 0 Å². The van der Waals surface area contributed by atoms with Crippen LogP contribution in [0.4, 0.5) is 5.69 Å². The monoisotopic (exact) mass is 467 g/mol. The van der Waals surface area contributed by atoms with Gasteiger partial charge in [-0.15, -0.1) is 0 Å². The van der Waals surface area contributed by atoms with Gasteiger partial charge in [-0.1, -0.05) is 49.7 Å². The number of aliphatic hydroxyl groups is 1. The molecular formula is C26H33N3O3S. The summed E-state index contributed by atoms with van der Waals surface area (Å²) in [6, 6.07) is 16.4. The summed E-state index contributed by atoms with van der Waals surface area (Å²) in [5, 5.41) is 13.4. The van der Waals surface area contributed by atoms with Crippen LogP contribution in [0.2, 0.25) is 0 Å². The van der Waals surface area contributed by atoms with Gasteiger partial charge >= 0.3 is 0 Å². The lowest BCUT2D eigenvalue weighted by Crippen LogP contribution is -2.35. The second-order valence-corrected chi connectivity index (χ2v) is 10.7. The van der Waals surface area contributed by atoms with Crippen molar-refractivity contribution in [2.24, 2.45) is 5.92 Å². The van der Waals surface area contributed by atoms with E-state index in [1.807, 2.05) is 58.0 Å². The number of aromatic nitrogens is 1. The Bertz CT molecular complexity index is 1150. The molecule has 3 rings (SSSR count). The molecule has 0 amide bonds. The zero-order chi connectivity index (χ0) is 24.0. The minimum absolute atomic E-state index is 0.167. The molecule has 6 nitrogen and oxygen atoms in total. The Balaban J connectivity index is 1.75. The Morgan fingerprint density at radius 1 is 1.03 bits per heavy atom.